The Bertz CT molecular complexity index is 1110. The van der Waals surface area contributed by atoms with Gasteiger partial charge in [-0.2, -0.15) is 0 Å². The number of aromatic nitrogens is 1. The Morgan fingerprint density at radius 2 is 1.67 bits per heavy atom. The summed E-state index contributed by atoms with van der Waals surface area (Å²) < 4.78 is 23.5. The molecule has 0 aliphatic carbocycles. The molecule has 3 rings (SSSR count). The number of nitrogens with one attached hydrogen (secondary N) is 1. The minimum Gasteiger partial charge on any atom is -0.322 e. The normalized spacial score (nSPS) is 11.2. The van der Waals surface area contributed by atoms with Gasteiger partial charge in [0, 0.05) is 17.5 Å². The lowest BCUT2D eigenvalue weighted by Gasteiger charge is -2.12. The van der Waals surface area contributed by atoms with Crippen LogP contribution in [0.3, 0.4) is 0 Å². The van der Waals surface area contributed by atoms with Gasteiger partial charge in [0.1, 0.15) is 0 Å². The van der Waals surface area contributed by atoms with Gasteiger partial charge in [-0.25, -0.2) is 8.42 Å². The number of aryl methyl sites for hydroxylation is 2. The molecule has 0 saturated heterocycles. The van der Waals surface area contributed by atoms with Crippen molar-refractivity contribution in [3.8, 4) is 11.3 Å². The Labute approximate surface area is 159 Å². The van der Waals surface area contributed by atoms with Crippen LogP contribution in [0.5, 0.6) is 0 Å². The number of carbonyl (C=O) groups excluding carboxylic acids is 1. The monoisotopic (exact) mass is 380 g/mol. The summed E-state index contributed by atoms with van der Waals surface area (Å²) in [5, 5.41) is 2.80. The van der Waals surface area contributed by atoms with Gasteiger partial charge in [0.05, 0.1) is 21.8 Å². The van der Waals surface area contributed by atoms with Crippen LogP contribution in [0.1, 0.15) is 21.6 Å². The highest BCUT2D eigenvalue weighted by Gasteiger charge is 2.15. The molecule has 6 heteroatoms. The SMILES string of the molecule is Cc1ccc(S(C)(=O)=O)cc1NC(=O)c1ccc(-c2ccccc2)nc1C. The summed E-state index contributed by atoms with van der Waals surface area (Å²) in [6, 6.07) is 17.9. The first-order valence-corrected chi connectivity index (χ1v) is 10.3. The van der Waals surface area contributed by atoms with Gasteiger partial charge in [-0.1, -0.05) is 36.4 Å². The molecule has 138 valence electrons. The topological polar surface area (TPSA) is 76.1 Å². The number of amides is 1. The second kappa shape index (κ2) is 7.32. The maximum absolute atomic E-state index is 12.7. The molecule has 0 atom stereocenters. The molecule has 0 aliphatic rings. The maximum atomic E-state index is 12.7. The van der Waals surface area contributed by atoms with E-state index < -0.39 is 9.84 Å². The van der Waals surface area contributed by atoms with Gasteiger partial charge in [-0.3, -0.25) is 9.78 Å². The lowest BCUT2D eigenvalue weighted by molar-refractivity contribution is 0.102. The Balaban J connectivity index is 1.89. The van der Waals surface area contributed by atoms with Gasteiger partial charge < -0.3 is 5.32 Å². The molecular formula is C21H20N2O3S. The summed E-state index contributed by atoms with van der Waals surface area (Å²) in [4.78, 5) is 17.4. The van der Waals surface area contributed by atoms with Crippen LogP contribution in [0, 0.1) is 13.8 Å². The zero-order chi connectivity index (χ0) is 19.6. The zero-order valence-corrected chi connectivity index (χ0v) is 16.2. The van der Waals surface area contributed by atoms with E-state index in [1.165, 1.54) is 12.1 Å². The first-order valence-electron chi connectivity index (χ1n) is 8.41. The molecule has 1 aromatic heterocycles. The number of anilines is 1. The lowest BCUT2D eigenvalue weighted by atomic mass is 10.1. The highest BCUT2D eigenvalue weighted by molar-refractivity contribution is 7.90. The summed E-state index contributed by atoms with van der Waals surface area (Å²) in [5.74, 6) is -0.326. The number of rotatable bonds is 4. The van der Waals surface area contributed by atoms with Gasteiger partial charge in [0.2, 0.25) is 0 Å². The van der Waals surface area contributed by atoms with Crippen molar-refractivity contribution in [2.75, 3.05) is 11.6 Å². The van der Waals surface area contributed by atoms with E-state index in [1.807, 2.05) is 37.3 Å². The van der Waals surface area contributed by atoms with Crippen molar-refractivity contribution in [3.05, 3.63) is 77.5 Å². The van der Waals surface area contributed by atoms with Crippen molar-refractivity contribution in [2.24, 2.45) is 0 Å². The third-order valence-corrected chi connectivity index (χ3v) is 5.40. The minimum atomic E-state index is -3.35. The number of pyridine rings is 1. The molecule has 0 aliphatic heterocycles. The highest BCUT2D eigenvalue weighted by Crippen LogP contribution is 2.23. The number of hydrogen-bond acceptors (Lipinski definition) is 4. The van der Waals surface area contributed by atoms with Crippen LogP contribution < -0.4 is 5.32 Å². The smallest absolute Gasteiger partial charge is 0.257 e. The second-order valence-corrected chi connectivity index (χ2v) is 8.41. The third-order valence-electron chi connectivity index (χ3n) is 4.29. The minimum absolute atomic E-state index is 0.165. The fourth-order valence-electron chi connectivity index (χ4n) is 2.73. The largest absolute Gasteiger partial charge is 0.322 e. The summed E-state index contributed by atoms with van der Waals surface area (Å²) in [6.07, 6.45) is 1.14. The van der Waals surface area contributed by atoms with E-state index >= 15 is 0 Å². The third kappa shape index (κ3) is 4.23. The summed E-state index contributed by atoms with van der Waals surface area (Å²) >= 11 is 0. The van der Waals surface area contributed by atoms with Crippen LogP contribution >= 0.6 is 0 Å². The predicted molar refractivity (Wildman–Crippen MR) is 107 cm³/mol. The average molecular weight is 380 g/mol. The molecule has 27 heavy (non-hydrogen) atoms. The summed E-state index contributed by atoms with van der Waals surface area (Å²) in [5.41, 5.74) is 4.06. The van der Waals surface area contributed by atoms with E-state index in [1.54, 1.807) is 25.1 Å². The second-order valence-electron chi connectivity index (χ2n) is 6.40. The van der Waals surface area contributed by atoms with Crippen molar-refractivity contribution in [3.63, 3.8) is 0 Å². The van der Waals surface area contributed by atoms with Crippen LogP contribution in [0.2, 0.25) is 0 Å². The molecule has 3 aromatic rings. The fourth-order valence-corrected chi connectivity index (χ4v) is 3.37. The van der Waals surface area contributed by atoms with Gasteiger partial charge in [0.15, 0.2) is 9.84 Å². The van der Waals surface area contributed by atoms with Gasteiger partial charge >= 0.3 is 0 Å². The van der Waals surface area contributed by atoms with E-state index in [2.05, 4.69) is 10.3 Å². The van der Waals surface area contributed by atoms with Crippen LogP contribution in [-0.4, -0.2) is 25.6 Å². The number of sulfone groups is 1. The molecule has 0 fully saturated rings. The summed E-state index contributed by atoms with van der Waals surface area (Å²) in [6.45, 7) is 3.59. The van der Waals surface area contributed by atoms with E-state index in [9.17, 15) is 13.2 Å². The van der Waals surface area contributed by atoms with Crippen molar-refractivity contribution < 1.29 is 13.2 Å². The van der Waals surface area contributed by atoms with Crippen molar-refractivity contribution in [1.82, 2.24) is 4.98 Å². The molecule has 0 unspecified atom stereocenters. The predicted octanol–water partition coefficient (Wildman–Crippen LogP) is 4.02. The molecular weight excluding hydrogens is 360 g/mol. The van der Waals surface area contributed by atoms with Gasteiger partial charge in [-0.15, -0.1) is 0 Å². The Morgan fingerprint density at radius 1 is 0.963 bits per heavy atom. The molecule has 1 heterocycles. The van der Waals surface area contributed by atoms with Crippen molar-refractivity contribution in [1.29, 1.82) is 0 Å². The van der Waals surface area contributed by atoms with E-state index in [0.29, 0.717) is 16.9 Å². The van der Waals surface area contributed by atoms with E-state index in [4.69, 9.17) is 0 Å². The molecule has 2 aromatic carbocycles. The quantitative estimate of drug-likeness (QED) is 0.742. The van der Waals surface area contributed by atoms with Crippen molar-refractivity contribution >= 4 is 21.4 Å². The van der Waals surface area contributed by atoms with Crippen LogP contribution in [-0.2, 0) is 9.84 Å². The number of benzene rings is 2. The van der Waals surface area contributed by atoms with Crippen LogP contribution in [0.15, 0.2) is 65.6 Å². The van der Waals surface area contributed by atoms with E-state index in [0.717, 1.165) is 23.1 Å². The zero-order valence-electron chi connectivity index (χ0n) is 15.4. The highest BCUT2D eigenvalue weighted by atomic mass is 32.2. The number of nitrogens with zero attached hydrogens (tertiary/aromatic N) is 1. The molecule has 0 spiro atoms. The Morgan fingerprint density at radius 3 is 2.30 bits per heavy atom. The molecule has 1 amide bonds. The average Bonchev–Trinajstić information content (AvgIpc) is 2.63. The molecule has 0 radical (unpaired) electrons. The molecule has 0 bridgehead atoms. The van der Waals surface area contributed by atoms with Crippen LogP contribution in [0.25, 0.3) is 11.3 Å². The van der Waals surface area contributed by atoms with Gasteiger partial charge in [-0.05, 0) is 43.7 Å². The lowest BCUT2D eigenvalue weighted by Crippen LogP contribution is -2.15. The Hall–Kier alpha value is -2.99. The fraction of sp³-hybridized carbons (Fsp3) is 0.143. The first-order chi connectivity index (χ1) is 12.8. The van der Waals surface area contributed by atoms with Crippen molar-refractivity contribution in [2.45, 2.75) is 18.7 Å². The summed E-state index contributed by atoms with van der Waals surface area (Å²) in [7, 11) is -3.35. The number of hydrogen-bond donors (Lipinski definition) is 1. The Kier molecular flexibility index (Phi) is 5.10. The molecule has 0 saturated carbocycles. The van der Waals surface area contributed by atoms with Crippen LogP contribution in [0.4, 0.5) is 5.69 Å². The maximum Gasteiger partial charge on any atom is 0.257 e. The standard InChI is InChI=1S/C21H20N2O3S/c1-14-9-10-17(27(3,25)26)13-20(14)23-21(24)18-11-12-19(22-15(18)2)16-7-5-4-6-8-16/h4-13H,1-3H3,(H,23,24). The van der Waals surface area contributed by atoms with E-state index in [-0.39, 0.29) is 10.8 Å². The number of carbonyl (C=O) groups is 1. The van der Waals surface area contributed by atoms with Gasteiger partial charge in [0.25, 0.3) is 5.91 Å². The molecule has 1 N–H and O–H groups in total. The first kappa shape index (κ1) is 18.8. The molecule has 5 nitrogen and oxygen atoms in total.